The number of carbonyl (C=O) groups is 3. The smallest absolute Gasteiger partial charge is 0.248 e. The van der Waals surface area contributed by atoms with Gasteiger partial charge in [0.2, 0.25) is 11.8 Å². The summed E-state index contributed by atoms with van der Waals surface area (Å²) in [5.41, 5.74) is 4.76. The van der Waals surface area contributed by atoms with E-state index in [4.69, 9.17) is 5.10 Å². The average Bonchev–Trinajstić information content (AvgIpc) is 3.87. The van der Waals surface area contributed by atoms with Crippen LogP contribution in [-0.2, 0) is 16.1 Å². The Kier molecular flexibility index (Phi) is 6.50. The largest absolute Gasteiger partial charge is 0.325 e. The van der Waals surface area contributed by atoms with Crippen molar-refractivity contribution in [2.24, 2.45) is 5.41 Å². The summed E-state index contributed by atoms with van der Waals surface area (Å²) in [6, 6.07) is 7.17. The van der Waals surface area contributed by atoms with Gasteiger partial charge in [0.05, 0.1) is 5.52 Å². The number of carbonyl (C=O) groups excluding carboxylic acids is 3. The average molecular weight is 643 g/mol. The van der Waals surface area contributed by atoms with E-state index >= 15 is 0 Å². The number of benzene rings is 1. The van der Waals surface area contributed by atoms with Gasteiger partial charge in [-0.15, -0.1) is 0 Å². The summed E-state index contributed by atoms with van der Waals surface area (Å²) < 4.78 is 2.31. The highest BCUT2D eigenvalue weighted by Gasteiger charge is 2.64. The van der Waals surface area contributed by atoms with E-state index in [1.165, 1.54) is 6.92 Å². The molecule has 2 saturated carbocycles. The number of amides is 2. The Morgan fingerprint density at radius 1 is 1.07 bits per heavy atom. The minimum atomic E-state index is -0.610. The number of likely N-dealkylation sites (tertiary alicyclic amines) is 1. The Morgan fingerprint density at radius 2 is 1.81 bits per heavy atom. The lowest BCUT2D eigenvalue weighted by Gasteiger charge is -2.27. The van der Waals surface area contributed by atoms with Gasteiger partial charge in [-0.1, -0.05) is 13.0 Å². The van der Waals surface area contributed by atoms with Crippen LogP contribution in [0.4, 0.5) is 5.82 Å². The van der Waals surface area contributed by atoms with E-state index in [-0.39, 0.29) is 35.6 Å². The molecule has 220 valence electrons. The number of nitrogens with zero attached hydrogens (tertiary/aromatic N) is 6. The number of nitrogens with one attached hydrogen (secondary N) is 1. The van der Waals surface area contributed by atoms with Crippen LogP contribution in [0.25, 0.3) is 22.0 Å². The van der Waals surface area contributed by atoms with Gasteiger partial charge in [0.25, 0.3) is 0 Å². The lowest BCUT2D eigenvalue weighted by Crippen LogP contribution is -2.47. The van der Waals surface area contributed by atoms with Crippen molar-refractivity contribution in [3.05, 3.63) is 63.9 Å². The normalized spacial score (nSPS) is 22.5. The first kappa shape index (κ1) is 27.8. The number of Topliss-reactive ketones (excluding diaryl/α,β-unsaturated/α-hetero) is 1. The number of rotatable bonds is 7. The molecule has 2 amide bonds. The van der Waals surface area contributed by atoms with Crippen LogP contribution in [-0.4, -0.2) is 59.3 Å². The molecule has 0 bridgehead atoms. The van der Waals surface area contributed by atoms with Crippen LogP contribution in [0, 0.1) is 19.3 Å². The minimum Gasteiger partial charge on any atom is -0.325 e. The monoisotopic (exact) mass is 641 g/mol. The minimum absolute atomic E-state index is 0.00235. The van der Waals surface area contributed by atoms with E-state index in [0.717, 1.165) is 52.4 Å². The zero-order valence-corrected chi connectivity index (χ0v) is 26.1. The molecule has 10 nitrogen and oxygen atoms in total. The van der Waals surface area contributed by atoms with Crippen LogP contribution in [0.5, 0.6) is 0 Å². The van der Waals surface area contributed by atoms with E-state index in [2.05, 4.69) is 49.2 Å². The molecule has 2 aliphatic carbocycles. The van der Waals surface area contributed by atoms with Crippen LogP contribution in [0.2, 0.25) is 0 Å². The van der Waals surface area contributed by atoms with E-state index in [0.29, 0.717) is 34.3 Å². The van der Waals surface area contributed by atoms with Gasteiger partial charge in [0, 0.05) is 36.3 Å². The summed E-state index contributed by atoms with van der Waals surface area (Å²) in [6.45, 7) is 7.30. The number of ketones is 1. The third kappa shape index (κ3) is 4.93. The van der Waals surface area contributed by atoms with Gasteiger partial charge < -0.3 is 10.2 Å². The van der Waals surface area contributed by atoms with Crippen LogP contribution in [0.1, 0.15) is 72.9 Å². The first-order valence-corrected chi connectivity index (χ1v) is 15.4. The summed E-state index contributed by atoms with van der Waals surface area (Å²) in [7, 11) is 0. The second kappa shape index (κ2) is 10.0. The van der Waals surface area contributed by atoms with Gasteiger partial charge in [-0.2, -0.15) is 5.10 Å². The quantitative estimate of drug-likeness (QED) is 0.213. The zero-order chi connectivity index (χ0) is 30.2. The number of aryl methyl sites for hydroxylation is 2. The third-order valence-electron chi connectivity index (χ3n) is 9.15. The van der Waals surface area contributed by atoms with Crippen molar-refractivity contribution in [2.75, 3.05) is 5.32 Å². The van der Waals surface area contributed by atoms with Crippen molar-refractivity contribution < 1.29 is 14.4 Å². The Bertz CT molecular complexity index is 1830. The SMILES string of the molecule is CC(=O)c1nn(CC(=O)N2[C@H](C(=O)Nc3nc(Br)ccc3C)C[C@@]3(C)C[C@@H]23)c2c(C3CC3)cc(-c3cnc(C)nc3)cc12. The predicted octanol–water partition coefficient (Wildman–Crippen LogP) is 5.37. The highest BCUT2D eigenvalue weighted by molar-refractivity contribution is 9.10. The van der Waals surface area contributed by atoms with Gasteiger partial charge in [-0.25, -0.2) is 15.0 Å². The van der Waals surface area contributed by atoms with Crippen molar-refractivity contribution in [1.82, 2.24) is 29.6 Å². The summed E-state index contributed by atoms with van der Waals surface area (Å²) in [5.74, 6) is 0.908. The first-order chi connectivity index (χ1) is 20.5. The van der Waals surface area contributed by atoms with Gasteiger partial charge >= 0.3 is 0 Å². The first-order valence-electron chi connectivity index (χ1n) is 14.6. The molecule has 1 saturated heterocycles. The Morgan fingerprint density at radius 3 is 2.51 bits per heavy atom. The second-order valence-corrected chi connectivity index (χ2v) is 13.3. The molecule has 0 unspecified atom stereocenters. The molecule has 4 heterocycles. The molecular formula is C32H32BrN7O3. The van der Waals surface area contributed by atoms with Crippen LogP contribution in [0.3, 0.4) is 0 Å². The summed E-state index contributed by atoms with van der Waals surface area (Å²) >= 11 is 3.37. The third-order valence-corrected chi connectivity index (χ3v) is 9.60. The number of piperidine rings is 1. The van der Waals surface area contributed by atoms with Crippen molar-refractivity contribution in [1.29, 1.82) is 0 Å². The molecule has 43 heavy (non-hydrogen) atoms. The van der Waals surface area contributed by atoms with Gasteiger partial charge in [0.15, 0.2) is 5.78 Å². The fraction of sp³-hybridized carbons (Fsp3) is 0.406. The molecule has 0 radical (unpaired) electrons. The molecule has 1 aromatic carbocycles. The summed E-state index contributed by atoms with van der Waals surface area (Å²) in [5, 5.41) is 8.39. The number of pyridine rings is 1. The highest BCUT2D eigenvalue weighted by Crippen LogP contribution is 2.59. The standard InChI is InChI=1S/C32H32BrN7O3/c1-16-5-8-26(33)36-30(16)37-31(43)24-11-32(4)12-25(32)40(24)27(42)15-39-29-22(19-6-7-19)9-20(21-13-34-18(3)35-14-21)10-23(29)28(38-39)17(2)41/h5,8-10,13-14,19,24-25H,6-7,11-12,15H2,1-4H3,(H,36,37,43)/t24-,25+,32-/m0/s1. The predicted molar refractivity (Wildman–Crippen MR) is 165 cm³/mol. The molecule has 11 heteroatoms. The lowest BCUT2D eigenvalue weighted by molar-refractivity contribution is -0.138. The van der Waals surface area contributed by atoms with Gasteiger partial charge in [-0.05, 0) is 102 Å². The van der Waals surface area contributed by atoms with Crippen molar-refractivity contribution in [2.45, 2.75) is 77.9 Å². The fourth-order valence-electron chi connectivity index (χ4n) is 6.54. The Balaban J connectivity index is 1.24. The number of anilines is 1. The van der Waals surface area contributed by atoms with E-state index in [1.807, 2.05) is 32.0 Å². The summed E-state index contributed by atoms with van der Waals surface area (Å²) in [4.78, 5) is 55.3. The molecule has 3 aliphatic rings. The van der Waals surface area contributed by atoms with E-state index < -0.39 is 6.04 Å². The molecule has 4 aromatic rings. The van der Waals surface area contributed by atoms with Crippen LogP contribution in [0.15, 0.2) is 41.3 Å². The molecule has 1 aliphatic heterocycles. The Hall–Kier alpha value is -3.99. The number of fused-ring (bicyclic) bond motifs is 2. The molecule has 0 spiro atoms. The molecule has 1 N–H and O–H groups in total. The summed E-state index contributed by atoms with van der Waals surface area (Å²) in [6.07, 6.45) is 7.11. The van der Waals surface area contributed by atoms with Crippen molar-refractivity contribution in [3.63, 3.8) is 0 Å². The fourth-order valence-corrected chi connectivity index (χ4v) is 6.85. The molecule has 7 rings (SSSR count). The van der Waals surface area contributed by atoms with Crippen LogP contribution >= 0.6 is 15.9 Å². The zero-order valence-electron chi connectivity index (χ0n) is 24.5. The molecule has 3 fully saturated rings. The molecule has 3 aromatic heterocycles. The second-order valence-electron chi connectivity index (χ2n) is 12.5. The van der Waals surface area contributed by atoms with Gasteiger partial charge in [0.1, 0.15) is 34.5 Å². The Labute approximate surface area is 257 Å². The number of aromatic nitrogens is 5. The molecule has 3 atom stereocenters. The van der Waals surface area contributed by atoms with Crippen molar-refractivity contribution >= 4 is 50.2 Å². The number of hydrogen-bond acceptors (Lipinski definition) is 7. The topological polar surface area (TPSA) is 123 Å². The molecular weight excluding hydrogens is 610 g/mol. The van der Waals surface area contributed by atoms with E-state index in [9.17, 15) is 14.4 Å². The highest BCUT2D eigenvalue weighted by atomic mass is 79.9. The maximum absolute atomic E-state index is 14.1. The van der Waals surface area contributed by atoms with Crippen molar-refractivity contribution in [3.8, 4) is 11.1 Å². The lowest BCUT2D eigenvalue weighted by atomic mass is 9.98. The van der Waals surface area contributed by atoms with Gasteiger partial charge in [-0.3, -0.25) is 19.1 Å². The number of hydrogen-bond donors (Lipinski definition) is 1. The maximum atomic E-state index is 14.1. The number of halogens is 1. The van der Waals surface area contributed by atoms with E-state index in [1.54, 1.807) is 22.0 Å². The maximum Gasteiger partial charge on any atom is 0.248 e. The van der Waals surface area contributed by atoms with Crippen LogP contribution < -0.4 is 5.32 Å².